The molecule has 0 spiro atoms. The Kier molecular flexibility index (Phi) is 5.81. The first-order valence-electron chi connectivity index (χ1n) is 9.91. The third-order valence-electron chi connectivity index (χ3n) is 5.14. The number of hydrogen-bond acceptors (Lipinski definition) is 7. The molecule has 4 rings (SSSR count). The van der Waals surface area contributed by atoms with E-state index >= 15 is 0 Å². The van der Waals surface area contributed by atoms with Crippen molar-refractivity contribution in [1.82, 2.24) is 14.4 Å². The molecule has 0 aliphatic heterocycles. The molecule has 0 atom stereocenters. The van der Waals surface area contributed by atoms with Crippen LogP contribution in [0, 0.1) is 0 Å². The van der Waals surface area contributed by atoms with E-state index in [0.29, 0.717) is 34.2 Å². The molecule has 168 valence electrons. The molecule has 0 bridgehead atoms. The van der Waals surface area contributed by atoms with Crippen LogP contribution in [0.2, 0.25) is 0 Å². The van der Waals surface area contributed by atoms with Gasteiger partial charge in [0, 0.05) is 30.6 Å². The number of anilines is 3. The molecule has 0 saturated heterocycles. The number of pyridine rings is 2. The number of carbonyl (C=O) groups excluding carboxylic acids is 2. The van der Waals surface area contributed by atoms with E-state index in [9.17, 15) is 9.59 Å². The molecular weight excluding hydrogens is 424 g/mol. The zero-order valence-electron chi connectivity index (χ0n) is 18.3. The van der Waals surface area contributed by atoms with Gasteiger partial charge in [0.05, 0.1) is 37.5 Å². The highest BCUT2D eigenvalue weighted by atomic mass is 16.5. The van der Waals surface area contributed by atoms with Crippen molar-refractivity contribution in [2.75, 3.05) is 37.2 Å². The quantitative estimate of drug-likeness (QED) is 0.450. The van der Waals surface area contributed by atoms with Gasteiger partial charge in [-0.3, -0.25) is 14.5 Å². The van der Waals surface area contributed by atoms with Crippen molar-refractivity contribution in [1.29, 1.82) is 0 Å². The van der Waals surface area contributed by atoms with E-state index in [4.69, 9.17) is 10.5 Å². The van der Waals surface area contributed by atoms with E-state index in [1.54, 1.807) is 43.7 Å². The number of fused-ring (bicyclic) bond motifs is 1. The molecule has 0 fully saturated rings. The number of imidazole rings is 1. The van der Waals surface area contributed by atoms with Crippen molar-refractivity contribution >= 4 is 34.8 Å². The normalized spacial score (nSPS) is 10.6. The van der Waals surface area contributed by atoms with Crippen LogP contribution in [-0.2, 0) is 4.74 Å². The average Bonchev–Trinajstić information content (AvgIpc) is 3.27. The molecule has 0 radical (unpaired) electrons. The van der Waals surface area contributed by atoms with Gasteiger partial charge < -0.3 is 20.1 Å². The Hall–Kier alpha value is -4.60. The Balaban J connectivity index is 1.64. The summed E-state index contributed by atoms with van der Waals surface area (Å²) in [7, 11) is 4.48. The largest absolute Gasteiger partial charge is 0.495 e. The van der Waals surface area contributed by atoms with Crippen molar-refractivity contribution in [2.45, 2.75) is 0 Å². The van der Waals surface area contributed by atoms with Gasteiger partial charge in [0.25, 0.3) is 5.91 Å². The molecule has 4 aromatic rings. The van der Waals surface area contributed by atoms with Gasteiger partial charge in [-0.2, -0.15) is 0 Å². The fourth-order valence-electron chi connectivity index (χ4n) is 3.31. The second-order valence-electron chi connectivity index (χ2n) is 7.13. The van der Waals surface area contributed by atoms with E-state index in [-0.39, 0.29) is 5.91 Å². The Morgan fingerprint density at radius 2 is 1.88 bits per heavy atom. The minimum absolute atomic E-state index is 0.214. The average molecular weight is 446 g/mol. The minimum atomic E-state index is -0.596. The predicted molar refractivity (Wildman–Crippen MR) is 125 cm³/mol. The monoisotopic (exact) mass is 446 g/mol. The molecule has 0 aliphatic carbocycles. The van der Waals surface area contributed by atoms with Crippen LogP contribution in [0.5, 0.6) is 5.75 Å². The first-order valence-corrected chi connectivity index (χ1v) is 9.91. The number of aromatic nitrogens is 3. The van der Waals surface area contributed by atoms with E-state index in [1.807, 2.05) is 28.8 Å². The van der Waals surface area contributed by atoms with Crippen molar-refractivity contribution < 1.29 is 19.1 Å². The molecule has 10 heteroatoms. The molecule has 0 aliphatic rings. The molecule has 1 aromatic carbocycles. The lowest BCUT2D eigenvalue weighted by Crippen LogP contribution is -2.26. The Labute approximate surface area is 189 Å². The number of carbonyl (C=O) groups is 2. The van der Waals surface area contributed by atoms with Crippen molar-refractivity contribution in [2.24, 2.45) is 0 Å². The number of nitrogens with zero attached hydrogens (tertiary/aromatic N) is 4. The van der Waals surface area contributed by atoms with Crippen molar-refractivity contribution in [3.05, 3.63) is 66.6 Å². The molecule has 2 amide bonds. The fourth-order valence-corrected chi connectivity index (χ4v) is 3.31. The van der Waals surface area contributed by atoms with E-state index in [1.165, 1.54) is 19.1 Å². The number of methoxy groups -OCH3 is 2. The lowest BCUT2D eigenvalue weighted by molar-refractivity contribution is 0.0992. The van der Waals surface area contributed by atoms with Gasteiger partial charge in [-0.05, 0) is 42.5 Å². The molecular formula is C23H22N6O4. The summed E-state index contributed by atoms with van der Waals surface area (Å²) in [5.74, 6) is 0.595. The number of benzene rings is 1. The Morgan fingerprint density at radius 1 is 1.06 bits per heavy atom. The molecule has 0 unspecified atom stereocenters. The van der Waals surface area contributed by atoms with E-state index < -0.39 is 6.09 Å². The van der Waals surface area contributed by atoms with Gasteiger partial charge in [0.15, 0.2) is 0 Å². The zero-order chi connectivity index (χ0) is 23.5. The first kappa shape index (κ1) is 21.6. The summed E-state index contributed by atoms with van der Waals surface area (Å²) in [6.45, 7) is 0. The number of ether oxygens (including phenoxy) is 2. The number of nitrogen functional groups attached to an aromatic ring is 1. The van der Waals surface area contributed by atoms with Gasteiger partial charge in [-0.15, -0.1) is 0 Å². The summed E-state index contributed by atoms with van der Waals surface area (Å²) in [6.07, 6.45) is 4.57. The summed E-state index contributed by atoms with van der Waals surface area (Å²) in [5.41, 5.74) is 9.71. The molecule has 3 aromatic heterocycles. The molecule has 10 nitrogen and oxygen atoms in total. The smallest absolute Gasteiger partial charge is 0.412 e. The Morgan fingerprint density at radius 3 is 2.58 bits per heavy atom. The van der Waals surface area contributed by atoms with Crippen LogP contribution in [-0.4, -0.2) is 47.6 Å². The molecule has 0 saturated carbocycles. The van der Waals surface area contributed by atoms with Gasteiger partial charge in [0.2, 0.25) is 0 Å². The summed E-state index contributed by atoms with van der Waals surface area (Å²) in [5, 5.41) is 2.51. The molecule has 3 N–H and O–H groups in total. The maximum absolute atomic E-state index is 13.1. The highest BCUT2D eigenvalue weighted by Gasteiger charge is 2.17. The highest BCUT2D eigenvalue weighted by Crippen LogP contribution is 2.26. The van der Waals surface area contributed by atoms with E-state index in [2.05, 4.69) is 20.0 Å². The van der Waals surface area contributed by atoms with Gasteiger partial charge in [0.1, 0.15) is 17.2 Å². The highest BCUT2D eigenvalue weighted by molar-refractivity contribution is 6.06. The second kappa shape index (κ2) is 8.87. The summed E-state index contributed by atoms with van der Waals surface area (Å²) < 4.78 is 11.7. The summed E-state index contributed by atoms with van der Waals surface area (Å²) in [4.78, 5) is 34.6. The number of hydrogen-bond donors (Lipinski definition) is 2. The van der Waals surface area contributed by atoms with Gasteiger partial charge >= 0.3 is 6.09 Å². The lowest BCUT2D eigenvalue weighted by atomic mass is 10.1. The molecule has 3 heterocycles. The molecule has 33 heavy (non-hydrogen) atoms. The van der Waals surface area contributed by atoms with Gasteiger partial charge in [-0.25, -0.2) is 14.8 Å². The second-order valence-corrected chi connectivity index (χ2v) is 7.13. The van der Waals surface area contributed by atoms with Crippen LogP contribution in [0.25, 0.3) is 16.9 Å². The SMILES string of the molecule is COC(=O)Nc1ccc(-c2cnc3ccc(N(C)C(=O)c4ccc(N)c(OC)c4)cn23)cn1. The summed E-state index contributed by atoms with van der Waals surface area (Å²) >= 11 is 0. The zero-order valence-corrected chi connectivity index (χ0v) is 18.3. The standard InChI is InChI=1S/C23H22N6O4/c1-28(22(30)14-4-7-17(24)19(10-14)32-2)16-6-9-21-26-12-18(29(21)13-16)15-5-8-20(25-11-15)27-23(31)33-3/h4-13H,24H2,1-3H3,(H,25,27,31). The first-order chi connectivity index (χ1) is 15.9. The van der Waals surface area contributed by atoms with Crippen LogP contribution in [0.3, 0.4) is 0 Å². The predicted octanol–water partition coefficient (Wildman–Crippen LogP) is 3.44. The number of nitrogens with one attached hydrogen (secondary N) is 1. The number of amides is 2. The maximum Gasteiger partial charge on any atom is 0.412 e. The number of rotatable bonds is 5. The minimum Gasteiger partial charge on any atom is -0.495 e. The van der Waals surface area contributed by atoms with Crippen LogP contribution >= 0.6 is 0 Å². The number of nitrogens with two attached hydrogens (primary N) is 1. The van der Waals surface area contributed by atoms with Crippen LogP contribution in [0.1, 0.15) is 10.4 Å². The third kappa shape index (κ3) is 4.26. The third-order valence-corrected chi connectivity index (χ3v) is 5.14. The van der Waals surface area contributed by atoms with Crippen LogP contribution in [0.15, 0.2) is 61.1 Å². The van der Waals surface area contributed by atoms with Crippen molar-refractivity contribution in [3.63, 3.8) is 0 Å². The maximum atomic E-state index is 13.1. The topological polar surface area (TPSA) is 124 Å². The van der Waals surface area contributed by atoms with Gasteiger partial charge in [-0.1, -0.05) is 0 Å². The van der Waals surface area contributed by atoms with Crippen LogP contribution in [0.4, 0.5) is 22.0 Å². The fraction of sp³-hybridized carbons (Fsp3) is 0.130. The van der Waals surface area contributed by atoms with Crippen molar-refractivity contribution in [3.8, 4) is 17.0 Å². The summed E-state index contributed by atoms with van der Waals surface area (Å²) in [6, 6.07) is 12.0. The van der Waals surface area contributed by atoms with Crippen LogP contribution < -0.4 is 20.7 Å². The Bertz CT molecular complexity index is 1330. The van der Waals surface area contributed by atoms with E-state index in [0.717, 1.165) is 11.3 Å². The lowest BCUT2D eigenvalue weighted by Gasteiger charge is -2.18.